The highest BCUT2D eigenvalue weighted by atomic mass is 19.1. The molecule has 0 spiro atoms. The van der Waals surface area contributed by atoms with E-state index < -0.39 is 23.7 Å². The van der Waals surface area contributed by atoms with E-state index in [9.17, 15) is 14.0 Å². The van der Waals surface area contributed by atoms with Crippen LogP contribution in [0.5, 0.6) is 0 Å². The van der Waals surface area contributed by atoms with Gasteiger partial charge < -0.3 is 10.4 Å². The predicted molar refractivity (Wildman–Crippen MR) is 64.8 cm³/mol. The monoisotopic (exact) mass is 251 g/mol. The summed E-state index contributed by atoms with van der Waals surface area (Å²) in [5.74, 6) is -2.61. The Labute approximate surface area is 104 Å². The van der Waals surface area contributed by atoms with Gasteiger partial charge in [0, 0.05) is 0 Å². The van der Waals surface area contributed by atoms with Crippen molar-refractivity contribution in [3.05, 3.63) is 47.8 Å². The molecule has 0 heterocycles. The fourth-order valence-electron chi connectivity index (χ4n) is 1.44. The fraction of sp³-hybridized carbons (Fsp3) is 0.231. The number of rotatable bonds is 5. The molecule has 0 fully saturated rings. The second-order valence-corrected chi connectivity index (χ2v) is 3.87. The molecule has 0 radical (unpaired) electrons. The molecule has 1 atom stereocenters. The largest absolute Gasteiger partial charge is 0.480 e. The van der Waals surface area contributed by atoms with E-state index in [4.69, 9.17) is 5.11 Å². The van der Waals surface area contributed by atoms with Crippen molar-refractivity contribution in [2.45, 2.75) is 19.4 Å². The average molecular weight is 251 g/mol. The number of carboxylic acid groups (broad SMARTS) is 1. The van der Waals surface area contributed by atoms with Gasteiger partial charge in [-0.2, -0.15) is 0 Å². The van der Waals surface area contributed by atoms with E-state index in [1.807, 2.05) is 0 Å². The first-order valence-electron chi connectivity index (χ1n) is 5.36. The van der Waals surface area contributed by atoms with Crippen molar-refractivity contribution in [3.8, 4) is 0 Å². The topological polar surface area (TPSA) is 66.4 Å². The predicted octanol–water partition coefficient (Wildman–Crippen LogP) is 1.89. The van der Waals surface area contributed by atoms with Gasteiger partial charge in [-0.3, -0.25) is 4.79 Å². The molecule has 4 nitrogen and oxygen atoms in total. The van der Waals surface area contributed by atoms with Crippen LogP contribution >= 0.6 is 0 Å². The number of amides is 1. The third-order valence-electron chi connectivity index (χ3n) is 2.37. The van der Waals surface area contributed by atoms with E-state index in [1.165, 1.54) is 24.3 Å². The van der Waals surface area contributed by atoms with Gasteiger partial charge in [0.25, 0.3) is 5.91 Å². The Kier molecular flexibility index (Phi) is 4.59. The van der Waals surface area contributed by atoms with Gasteiger partial charge in [-0.1, -0.05) is 17.7 Å². The number of hydrogen-bond donors (Lipinski definition) is 2. The molecule has 5 heteroatoms. The van der Waals surface area contributed by atoms with Crippen molar-refractivity contribution in [1.82, 2.24) is 5.32 Å². The minimum Gasteiger partial charge on any atom is -0.480 e. The standard InChI is InChI=1S/C13H14FNO3/c1-3-4-11(13(17)18)15-12(16)9-7-8(2)5-6-10(9)14/h3,5-7,11H,1,4H2,2H3,(H,15,16)(H,17,18). The summed E-state index contributed by atoms with van der Waals surface area (Å²) in [6.45, 7) is 5.12. The Morgan fingerprint density at radius 1 is 1.56 bits per heavy atom. The molecule has 0 saturated heterocycles. The molecule has 1 aromatic carbocycles. The van der Waals surface area contributed by atoms with Crippen molar-refractivity contribution in [1.29, 1.82) is 0 Å². The van der Waals surface area contributed by atoms with Crippen LogP contribution in [-0.2, 0) is 4.79 Å². The van der Waals surface area contributed by atoms with Gasteiger partial charge in [0.15, 0.2) is 0 Å². The maximum absolute atomic E-state index is 13.4. The van der Waals surface area contributed by atoms with Crippen LogP contribution in [0.1, 0.15) is 22.3 Å². The number of carbonyl (C=O) groups is 2. The zero-order valence-electron chi connectivity index (χ0n) is 9.94. The summed E-state index contributed by atoms with van der Waals surface area (Å²) in [7, 11) is 0. The second-order valence-electron chi connectivity index (χ2n) is 3.87. The molecule has 0 aromatic heterocycles. The van der Waals surface area contributed by atoms with E-state index in [1.54, 1.807) is 6.92 Å². The van der Waals surface area contributed by atoms with Crippen LogP contribution in [-0.4, -0.2) is 23.0 Å². The zero-order chi connectivity index (χ0) is 13.7. The van der Waals surface area contributed by atoms with Crippen LogP contribution in [0.4, 0.5) is 4.39 Å². The Bertz CT molecular complexity index is 485. The molecule has 1 unspecified atom stereocenters. The minimum absolute atomic E-state index is 0.0779. The summed E-state index contributed by atoms with van der Waals surface area (Å²) in [6.07, 6.45) is 1.46. The van der Waals surface area contributed by atoms with Gasteiger partial charge >= 0.3 is 5.97 Å². The number of carboxylic acids is 1. The fourth-order valence-corrected chi connectivity index (χ4v) is 1.44. The molecule has 18 heavy (non-hydrogen) atoms. The van der Waals surface area contributed by atoms with Crippen LogP contribution in [0.25, 0.3) is 0 Å². The number of halogens is 1. The van der Waals surface area contributed by atoms with E-state index >= 15 is 0 Å². The molecule has 1 aromatic rings. The van der Waals surface area contributed by atoms with Gasteiger partial charge in [-0.15, -0.1) is 6.58 Å². The molecule has 96 valence electrons. The first-order valence-corrected chi connectivity index (χ1v) is 5.36. The van der Waals surface area contributed by atoms with Gasteiger partial charge in [0.2, 0.25) is 0 Å². The number of hydrogen-bond acceptors (Lipinski definition) is 2. The van der Waals surface area contributed by atoms with Crippen molar-refractivity contribution in [2.24, 2.45) is 0 Å². The molecule has 0 aliphatic carbocycles. The summed E-state index contributed by atoms with van der Waals surface area (Å²) >= 11 is 0. The first kappa shape index (κ1) is 13.9. The third kappa shape index (κ3) is 3.41. The van der Waals surface area contributed by atoms with Crippen molar-refractivity contribution in [2.75, 3.05) is 0 Å². The average Bonchev–Trinajstić information content (AvgIpc) is 2.31. The van der Waals surface area contributed by atoms with Crippen molar-refractivity contribution >= 4 is 11.9 Å². The maximum atomic E-state index is 13.4. The van der Waals surface area contributed by atoms with Crippen LogP contribution in [0, 0.1) is 12.7 Å². The number of aryl methyl sites for hydroxylation is 1. The Balaban J connectivity index is 2.89. The Hall–Kier alpha value is -2.17. The lowest BCUT2D eigenvalue weighted by Gasteiger charge is -2.13. The normalized spacial score (nSPS) is 11.7. The summed E-state index contributed by atoms with van der Waals surface area (Å²) in [5.41, 5.74) is 0.558. The SMILES string of the molecule is C=CCC(NC(=O)c1cc(C)ccc1F)C(=O)O. The number of nitrogens with one attached hydrogen (secondary N) is 1. The lowest BCUT2D eigenvalue weighted by atomic mass is 10.1. The van der Waals surface area contributed by atoms with Crippen LogP contribution in [0.2, 0.25) is 0 Å². The molecule has 2 N–H and O–H groups in total. The first-order chi connectivity index (χ1) is 8.45. The van der Waals surface area contributed by atoms with E-state index in [0.29, 0.717) is 0 Å². The number of benzene rings is 1. The van der Waals surface area contributed by atoms with E-state index in [2.05, 4.69) is 11.9 Å². The zero-order valence-corrected chi connectivity index (χ0v) is 9.94. The lowest BCUT2D eigenvalue weighted by Crippen LogP contribution is -2.40. The molecule has 1 rings (SSSR count). The van der Waals surface area contributed by atoms with Crippen molar-refractivity contribution < 1.29 is 19.1 Å². The Morgan fingerprint density at radius 2 is 2.22 bits per heavy atom. The van der Waals surface area contributed by atoms with Gasteiger partial charge in [0.1, 0.15) is 11.9 Å². The van der Waals surface area contributed by atoms with Gasteiger partial charge in [-0.25, -0.2) is 9.18 Å². The quantitative estimate of drug-likeness (QED) is 0.785. The van der Waals surface area contributed by atoms with Crippen LogP contribution in [0.3, 0.4) is 0 Å². The smallest absolute Gasteiger partial charge is 0.326 e. The maximum Gasteiger partial charge on any atom is 0.326 e. The summed E-state index contributed by atoms with van der Waals surface area (Å²) in [4.78, 5) is 22.6. The lowest BCUT2D eigenvalue weighted by molar-refractivity contribution is -0.139. The van der Waals surface area contributed by atoms with Crippen LogP contribution < -0.4 is 5.32 Å². The van der Waals surface area contributed by atoms with Crippen molar-refractivity contribution in [3.63, 3.8) is 0 Å². The molecule has 1 amide bonds. The highest BCUT2D eigenvalue weighted by Crippen LogP contribution is 2.10. The third-order valence-corrected chi connectivity index (χ3v) is 2.37. The number of carbonyl (C=O) groups excluding carboxylic acids is 1. The molecule has 0 bridgehead atoms. The molecule has 0 aliphatic heterocycles. The van der Waals surface area contributed by atoms with Crippen LogP contribution in [0.15, 0.2) is 30.9 Å². The molecule has 0 saturated carbocycles. The van der Waals surface area contributed by atoms with E-state index in [0.717, 1.165) is 5.56 Å². The molecule has 0 aliphatic rings. The minimum atomic E-state index is -1.18. The summed E-state index contributed by atoms with van der Waals surface area (Å²) in [6, 6.07) is 2.98. The Morgan fingerprint density at radius 3 is 2.78 bits per heavy atom. The summed E-state index contributed by atoms with van der Waals surface area (Å²) in [5, 5.41) is 11.1. The number of aliphatic carboxylic acids is 1. The van der Waals surface area contributed by atoms with E-state index in [-0.39, 0.29) is 12.0 Å². The van der Waals surface area contributed by atoms with Gasteiger partial charge in [0.05, 0.1) is 5.56 Å². The molecular weight excluding hydrogens is 237 g/mol. The highest BCUT2D eigenvalue weighted by Gasteiger charge is 2.20. The van der Waals surface area contributed by atoms with Gasteiger partial charge in [-0.05, 0) is 25.5 Å². The molecular formula is C13H14FNO3. The highest BCUT2D eigenvalue weighted by molar-refractivity contribution is 5.97. The second kappa shape index (κ2) is 5.95. The summed E-state index contributed by atoms with van der Waals surface area (Å²) < 4.78 is 13.4.